The van der Waals surface area contributed by atoms with Crippen molar-refractivity contribution >= 4 is 29.0 Å². The summed E-state index contributed by atoms with van der Waals surface area (Å²) in [4.78, 5) is 12.1. The van der Waals surface area contributed by atoms with E-state index >= 15 is 0 Å². The largest absolute Gasteiger partial charge is 0.379 e. The lowest BCUT2D eigenvalue weighted by atomic mass is 9.94. The van der Waals surface area contributed by atoms with Crippen molar-refractivity contribution in [1.82, 2.24) is 0 Å². The number of ketones is 1. The maximum absolute atomic E-state index is 12.1. The second-order valence-electron chi connectivity index (χ2n) is 3.77. The van der Waals surface area contributed by atoms with Gasteiger partial charge in [0.2, 0.25) is 0 Å². The molecule has 2 rings (SSSR count). The molecule has 3 nitrogen and oxygen atoms in total. The first-order chi connectivity index (χ1) is 7.61. The molecule has 0 aromatic heterocycles. The van der Waals surface area contributed by atoms with E-state index in [4.69, 9.17) is 33.7 Å². The highest BCUT2D eigenvalue weighted by Gasteiger charge is 2.33. The van der Waals surface area contributed by atoms with Crippen molar-refractivity contribution in [3.63, 3.8) is 0 Å². The summed E-state index contributed by atoms with van der Waals surface area (Å²) in [6.45, 7) is 0.761. The highest BCUT2D eigenvalue weighted by Crippen LogP contribution is 2.29. The van der Waals surface area contributed by atoms with E-state index in [0.717, 1.165) is 0 Å². The molecule has 2 unspecified atom stereocenters. The molecule has 2 N–H and O–H groups in total. The van der Waals surface area contributed by atoms with Gasteiger partial charge in [0.15, 0.2) is 5.78 Å². The van der Waals surface area contributed by atoms with Gasteiger partial charge in [-0.05, 0) is 12.1 Å². The lowest BCUT2D eigenvalue weighted by Gasteiger charge is -2.13. The van der Waals surface area contributed by atoms with Crippen LogP contribution < -0.4 is 5.73 Å². The number of hydrogen-bond donors (Lipinski definition) is 1. The molecule has 2 atom stereocenters. The van der Waals surface area contributed by atoms with Crippen LogP contribution in [0.15, 0.2) is 18.2 Å². The number of carbonyl (C=O) groups is 1. The monoisotopic (exact) mass is 259 g/mol. The predicted octanol–water partition coefficient (Wildman–Crippen LogP) is 2.15. The molecule has 5 heteroatoms. The average Bonchev–Trinajstić information content (AvgIpc) is 2.68. The number of Topliss-reactive ketones (excluding diaryl/α,β-unsaturated/α-hetero) is 1. The molecule has 0 radical (unpaired) electrons. The lowest BCUT2D eigenvalue weighted by Crippen LogP contribution is -2.34. The Morgan fingerprint density at radius 3 is 2.75 bits per heavy atom. The fourth-order valence-electron chi connectivity index (χ4n) is 1.73. The molecule has 1 aliphatic rings. The van der Waals surface area contributed by atoms with Gasteiger partial charge in [0.1, 0.15) is 0 Å². The van der Waals surface area contributed by atoms with Gasteiger partial charge < -0.3 is 10.5 Å². The van der Waals surface area contributed by atoms with E-state index in [-0.39, 0.29) is 22.8 Å². The fourth-order valence-corrected chi connectivity index (χ4v) is 2.13. The van der Waals surface area contributed by atoms with Crippen LogP contribution in [0.4, 0.5) is 0 Å². The van der Waals surface area contributed by atoms with Crippen LogP contribution in [0.25, 0.3) is 0 Å². The van der Waals surface area contributed by atoms with Gasteiger partial charge in [-0.25, -0.2) is 0 Å². The van der Waals surface area contributed by atoms with E-state index in [0.29, 0.717) is 23.8 Å². The lowest BCUT2D eigenvalue weighted by molar-refractivity contribution is 0.0896. The van der Waals surface area contributed by atoms with E-state index in [9.17, 15) is 4.79 Å². The standard InChI is InChI=1S/C11H11Cl2NO2/c12-8-3-1-2-6(10(8)13)11(15)7-4-16-5-9(7)14/h1-3,7,9H,4-5,14H2. The van der Waals surface area contributed by atoms with E-state index in [1.165, 1.54) is 0 Å². The number of benzene rings is 1. The van der Waals surface area contributed by atoms with E-state index in [2.05, 4.69) is 0 Å². The third kappa shape index (κ3) is 2.09. The van der Waals surface area contributed by atoms with Crippen molar-refractivity contribution in [1.29, 1.82) is 0 Å². The van der Waals surface area contributed by atoms with E-state index in [1.54, 1.807) is 18.2 Å². The Bertz CT molecular complexity index is 422. The SMILES string of the molecule is NC1COCC1C(=O)c1cccc(Cl)c1Cl. The summed E-state index contributed by atoms with van der Waals surface area (Å²) < 4.78 is 5.16. The Morgan fingerprint density at radius 1 is 1.38 bits per heavy atom. The molecular formula is C11H11Cl2NO2. The zero-order valence-corrected chi connectivity index (χ0v) is 9.96. The zero-order valence-electron chi connectivity index (χ0n) is 8.45. The van der Waals surface area contributed by atoms with Crippen molar-refractivity contribution < 1.29 is 9.53 Å². The van der Waals surface area contributed by atoms with Gasteiger partial charge in [-0.1, -0.05) is 29.3 Å². The van der Waals surface area contributed by atoms with Gasteiger partial charge in [-0.2, -0.15) is 0 Å². The Hall–Kier alpha value is -0.610. The number of halogens is 2. The summed E-state index contributed by atoms with van der Waals surface area (Å²) in [6.07, 6.45) is 0. The predicted molar refractivity (Wildman–Crippen MR) is 63.1 cm³/mol. The molecule has 1 heterocycles. The topological polar surface area (TPSA) is 52.3 Å². The van der Waals surface area contributed by atoms with Crippen molar-refractivity contribution in [3.8, 4) is 0 Å². The number of nitrogens with two attached hydrogens (primary N) is 1. The molecule has 16 heavy (non-hydrogen) atoms. The van der Waals surface area contributed by atoms with Crippen LogP contribution in [0.1, 0.15) is 10.4 Å². The molecule has 0 bridgehead atoms. The molecule has 1 aromatic rings. The van der Waals surface area contributed by atoms with Gasteiger partial charge in [0.05, 0.1) is 29.2 Å². The molecule has 0 amide bonds. The van der Waals surface area contributed by atoms with E-state index in [1.807, 2.05) is 0 Å². The van der Waals surface area contributed by atoms with Crippen molar-refractivity contribution in [2.75, 3.05) is 13.2 Å². The molecule has 1 aromatic carbocycles. The molecule has 0 spiro atoms. The van der Waals surface area contributed by atoms with Crippen LogP contribution in [0.5, 0.6) is 0 Å². The summed E-state index contributed by atoms with van der Waals surface area (Å²) in [5.74, 6) is -0.423. The Morgan fingerprint density at radius 2 is 2.12 bits per heavy atom. The van der Waals surface area contributed by atoms with Crippen LogP contribution in [0, 0.1) is 5.92 Å². The summed E-state index contributed by atoms with van der Waals surface area (Å²) >= 11 is 11.8. The molecule has 86 valence electrons. The van der Waals surface area contributed by atoms with E-state index < -0.39 is 0 Å². The van der Waals surface area contributed by atoms with Gasteiger partial charge in [0.25, 0.3) is 0 Å². The third-order valence-corrected chi connectivity index (χ3v) is 3.50. The van der Waals surface area contributed by atoms with Crippen LogP contribution in [-0.2, 0) is 4.74 Å². The number of hydrogen-bond acceptors (Lipinski definition) is 3. The Kier molecular flexibility index (Phi) is 3.50. The van der Waals surface area contributed by atoms with Crippen molar-refractivity contribution in [2.24, 2.45) is 11.7 Å². The highest BCUT2D eigenvalue weighted by molar-refractivity contribution is 6.44. The van der Waals surface area contributed by atoms with Crippen LogP contribution >= 0.6 is 23.2 Å². The van der Waals surface area contributed by atoms with Crippen molar-refractivity contribution in [3.05, 3.63) is 33.8 Å². The Balaban J connectivity index is 2.30. The normalized spacial score (nSPS) is 24.7. The van der Waals surface area contributed by atoms with Crippen LogP contribution in [-0.4, -0.2) is 25.0 Å². The van der Waals surface area contributed by atoms with Gasteiger partial charge in [-0.15, -0.1) is 0 Å². The molecule has 1 aliphatic heterocycles. The fraction of sp³-hybridized carbons (Fsp3) is 0.364. The summed E-state index contributed by atoms with van der Waals surface area (Å²) in [7, 11) is 0. The maximum atomic E-state index is 12.1. The molecule has 0 aliphatic carbocycles. The highest BCUT2D eigenvalue weighted by atomic mass is 35.5. The molecule has 1 saturated heterocycles. The first-order valence-electron chi connectivity index (χ1n) is 4.93. The second-order valence-corrected chi connectivity index (χ2v) is 4.56. The molecule has 0 saturated carbocycles. The van der Waals surface area contributed by atoms with Crippen LogP contribution in [0.2, 0.25) is 10.0 Å². The molecular weight excluding hydrogens is 249 g/mol. The Labute approximate surface area is 103 Å². The second kappa shape index (κ2) is 4.72. The average molecular weight is 260 g/mol. The summed E-state index contributed by atoms with van der Waals surface area (Å²) in [6, 6.07) is 4.73. The number of carbonyl (C=O) groups excluding carboxylic acids is 1. The summed E-state index contributed by atoms with van der Waals surface area (Å²) in [5, 5.41) is 0.660. The quantitative estimate of drug-likeness (QED) is 0.829. The van der Waals surface area contributed by atoms with Gasteiger partial charge >= 0.3 is 0 Å². The third-order valence-electron chi connectivity index (χ3n) is 2.68. The minimum Gasteiger partial charge on any atom is -0.379 e. The van der Waals surface area contributed by atoms with Gasteiger partial charge in [-0.3, -0.25) is 4.79 Å². The van der Waals surface area contributed by atoms with Crippen molar-refractivity contribution in [2.45, 2.75) is 6.04 Å². The maximum Gasteiger partial charge on any atom is 0.171 e. The number of ether oxygens (including phenoxy) is 1. The zero-order chi connectivity index (χ0) is 11.7. The smallest absolute Gasteiger partial charge is 0.171 e. The number of rotatable bonds is 2. The minimum atomic E-state index is -0.323. The van der Waals surface area contributed by atoms with Gasteiger partial charge in [0, 0.05) is 11.6 Å². The molecule has 1 fully saturated rings. The summed E-state index contributed by atoms with van der Waals surface area (Å²) in [5.41, 5.74) is 6.20. The first-order valence-corrected chi connectivity index (χ1v) is 5.68. The minimum absolute atomic E-state index is 0.0995. The first kappa shape index (κ1) is 11.9. The van der Waals surface area contributed by atoms with Crippen LogP contribution in [0.3, 0.4) is 0 Å².